The maximum Gasteiger partial charge on any atom is 0.326 e. The van der Waals surface area contributed by atoms with Crippen molar-refractivity contribution < 1.29 is 25.3 Å². The van der Waals surface area contributed by atoms with Crippen LogP contribution in [0.15, 0.2) is 0 Å². The normalized spacial score (nSPS) is 24.8. The maximum atomic E-state index is 11.1. The van der Waals surface area contributed by atoms with Gasteiger partial charge in [-0.25, -0.2) is 4.79 Å². The zero-order valence-corrected chi connectivity index (χ0v) is 10.3. The van der Waals surface area contributed by atoms with Gasteiger partial charge in [0.15, 0.2) is 0 Å². The number of nitrogens with one attached hydrogen (secondary N) is 1. The number of carbonyl (C=O) groups excluding carboxylic acids is 1. The minimum atomic E-state index is -1.03. The number of aliphatic hydroxyl groups excluding tert-OH is 1. The van der Waals surface area contributed by atoms with Crippen LogP contribution in [0.5, 0.6) is 0 Å². The SMILES string of the molecule is NCC(=O)NC(CC1CCC(O)CC1)C(=O)O.O. The van der Waals surface area contributed by atoms with E-state index in [0.717, 1.165) is 12.8 Å². The van der Waals surface area contributed by atoms with Crippen molar-refractivity contribution >= 4 is 11.9 Å². The Morgan fingerprint density at radius 1 is 1.28 bits per heavy atom. The van der Waals surface area contributed by atoms with E-state index in [1.807, 2.05) is 0 Å². The number of aliphatic hydroxyl groups is 1. The van der Waals surface area contributed by atoms with Gasteiger partial charge in [-0.05, 0) is 38.0 Å². The third-order valence-corrected chi connectivity index (χ3v) is 3.20. The molecule has 0 aromatic heterocycles. The Hall–Kier alpha value is -1.18. The molecule has 1 aliphatic carbocycles. The summed E-state index contributed by atoms with van der Waals surface area (Å²) in [5.41, 5.74) is 5.13. The minimum Gasteiger partial charge on any atom is -0.480 e. The average molecular weight is 262 g/mol. The van der Waals surface area contributed by atoms with Gasteiger partial charge in [0.25, 0.3) is 0 Å². The van der Waals surface area contributed by atoms with E-state index in [1.54, 1.807) is 0 Å². The van der Waals surface area contributed by atoms with E-state index in [9.17, 15) is 14.7 Å². The molecule has 1 amide bonds. The molecular formula is C11H22N2O5. The van der Waals surface area contributed by atoms with Crippen molar-refractivity contribution in [2.24, 2.45) is 11.7 Å². The first-order valence-electron chi connectivity index (χ1n) is 5.93. The lowest BCUT2D eigenvalue weighted by Gasteiger charge is -2.27. The Bertz CT molecular complexity index is 277. The van der Waals surface area contributed by atoms with E-state index in [2.05, 4.69) is 5.32 Å². The van der Waals surface area contributed by atoms with Gasteiger partial charge < -0.3 is 26.7 Å². The molecule has 0 aromatic rings. The van der Waals surface area contributed by atoms with Crippen molar-refractivity contribution in [3.05, 3.63) is 0 Å². The lowest BCUT2D eigenvalue weighted by atomic mass is 9.83. The van der Waals surface area contributed by atoms with Crippen LogP contribution in [0.1, 0.15) is 32.1 Å². The molecule has 1 atom stereocenters. The predicted octanol–water partition coefficient (Wildman–Crippen LogP) is -1.37. The van der Waals surface area contributed by atoms with E-state index in [-0.39, 0.29) is 24.0 Å². The summed E-state index contributed by atoms with van der Waals surface area (Å²) >= 11 is 0. The highest BCUT2D eigenvalue weighted by atomic mass is 16.4. The summed E-state index contributed by atoms with van der Waals surface area (Å²) in [5.74, 6) is -1.23. The molecule has 7 heteroatoms. The summed E-state index contributed by atoms with van der Waals surface area (Å²) in [7, 11) is 0. The van der Waals surface area contributed by atoms with Gasteiger partial charge in [0.1, 0.15) is 6.04 Å². The van der Waals surface area contributed by atoms with Crippen molar-refractivity contribution in [2.45, 2.75) is 44.2 Å². The van der Waals surface area contributed by atoms with Gasteiger partial charge in [-0.3, -0.25) is 4.79 Å². The molecule has 1 unspecified atom stereocenters. The van der Waals surface area contributed by atoms with Crippen LogP contribution < -0.4 is 11.1 Å². The summed E-state index contributed by atoms with van der Waals surface area (Å²) < 4.78 is 0. The number of hydrogen-bond donors (Lipinski definition) is 4. The van der Waals surface area contributed by atoms with Crippen molar-refractivity contribution in [1.82, 2.24) is 5.32 Å². The molecule has 0 saturated heterocycles. The van der Waals surface area contributed by atoms with E-state index in [4.69, 9.17) is 10.8 Å². The Kier molecular flexibility index (Phi) is 7.49. The standard InChI is InChI=1S/C11H20N2O4.H2O/c12-6-10(15)13-9(11(16)17)5-7-1-3-8(14)4-2-7;/h7-9,14H,1-6,12H2,(H,13,15)(H,16,17);1H2. The number of carbonyl (C=O) groups is 2. The van der Waals surface area contributed by atoms with Gasteiger partial charge in [-0.1, -0.05) is 0 Å². The summed E-state index contributed by atoms with van der Waals surface area (Å²) in [6.07, 6.45) is 3.19. The zero-order valence-electron chi connectivity index (χ0n) is 10.3. The van der Waals surface area contributed by atoms with Crippen LogP contribution in [0.4, 0.5) is 0 Å². The van der Waals surface area contributed by atoms with Crippen LogP contribution in [-0.4, -0.2) is 46.3 Å². The van der Waals surface area contributed by atoms with Gasteiger partial charge in [0.2, 0.25) is 5.91 Å². The van der Waals surface area contributed by atoms with Crippen LogP contribution in [0.2, 0.25) is 0 Å². The Balaban J connectivity index is 0.00000289. The topological polar surface area (TPSA) is 144 Å². The molecule has 0 aromatic carbocycles. The first-order valence-corrected chi connectivity index (χ1v) is 5.93. The van der Waals surface area contributed by atoms with Crippen LogP contribution in [0.3, 0.4) is 0 Å². The zero-order chi connectivity index (χ0) is 12.8. The number of aliphatic carboxylic acids is 1. The molecule has 1 aliphatic rings. The molecule has 0 heterocycles. The fourth-order valence-corrected chi connectivity index (χ4v) is 2.19. The van der Waals surface area contributed by atoms with Gasteiger partial charge in [0, 0.05) is 0 Å². The average Bonchev–Trinajstić information content (AvgIpc) is 2.30. The Morgan fingerprint density at radius 3 is 2.28 bits per heavy atom. The third kappa shape index (κ3) is 5.44. The van der Waals surface area contributed by atoms with Crippen LogP contribution in [0, 0.1) is 5.92 Å². The van der Waals surface area contributed by atoms with E-state index >= 15 is 0 Å². The molecule has 0 radical (unpaired) electrons. The number of carboxylic acid groups (broad SMARTS) is 1. The van der Waals surface area contributed by atoms with Crippen molar-refractivity contribution in [2.75, 3.05) is 6.54 Å². The van der Waals surface area contributed by atoms with E-state index < -0.39 is 17.9 Å². The molecule has 0 aliphatic heterocycles. The Morgan fingerprint density at radius 2 is 1.83 bits per heavy atom. The van der Waals surface area contributed by atoms with Crippen molar-refractivity contribution in [3.8, 4) is 0 Å². The smallest absolute Gasteiger partial charge is 0.326 e. The molecule has 7 nitrogen and oxygen atoms in total. The highest BCUT2D eigenvalue weighted by Crippen LogP contribution is 2.27. The second-order valence-corrected chi connectivity index (χ2v) is 4.57. The van der Waals surface area contributed by atoms with Gasteiger partial charge >= 0.3 is 5.97 Å². The lowest BCUT2D eigenvalue weighted by Crippen LogP contribution is -2.44. The summed E-state index contributed by atoms with van der Waals surface area (Å²) in [6, 6.07) is -0.869. The summed E-state index contributed by atoms with van der Waals surface area (Å²) in [4.78, 5) is 22.1. The van der Waals surface area contributed by atoms with Gasteiger partial charge in [-0.15, -0.1) is 0 Å². The maximum absolute atomic E-state index is 11.1. The first kappa shape index (κ1) is 16.8. The van der Waals surface area contributed by atoms with Crippen LogP contribution >= 0.6 is 0 Å². The number of rotatable bonds is 5. The molecular weight excluding hydrogens is 240 g/mol. The highest BCUT2D eigenvalue weighted by molar-refractivity contribution is 5.84. The second-order valence-electron chi connectivity index (χ2n) is 4.57. The lowest BCUT2D eigenvalue weighted by molar-refractivity contribution is -0.142. The molecule has 106 valence electrons. The van der Waals surface area contributed by atoms with Gasteiger partial charge in [0.05, 0.1) is 12.6 Å². The first-order chi connectivity index (χ1) is 8.02. The molecule has 1 fully saturated rings. The number of nitrogens with two attached hydrogens (primary N) is 1. The Labute approximate surface area is 106 Å². The van der Waals surface area contributed by atoms with E-state index in [1.165, 1.54) is 0 Å². The molecule has 1 saturated carbocycles. The monoisotopic (exact) mass is 262 g/mol. The predicted molar refractivity (Wildman–Crippen MR) is 64.8 cm³/mol. The molecule has 1 rings (SSSR count). The quantitative estimate of drug-likeness (QED) is 0.483. The van der Waals surface area contributed by atoms with Crippen LogP contribution in [-0.2, 0) is 9.59 Å². The van der Waals surface area contributed by atoms with E-state index in [0.29, 0.717) is 19.3 Å². The number of amides is 1. The largest absolute Gasteiger partial charge is 0.480 e. The minimum absolute atomic E-state index is 0. The third-order valence-electron chi connectivity index (χ3n) is 3.20. The van der Waals surface area contributed by atoms with Crippen molar-refractivity contribution in [3.63, 3.8) is 0 Å². The molecule has 0 bridgehead atoms. The molecule has 0 spiro atoms. The number of carboxylic acids is 1. The van der Waals surface area contributed by atoms with Crippen LogP contribution in [0.25, 0.3) is 0 Å². The highest BCUT2D eigenvalue weighted by Gasteiger charge is 2.26. The van der Waals surface area contributed by atoms with Gasteiger partial charge in [-0.2, -0.15) is 0 Å². The van der Waals surface area contributed by atoms with Crippen molar-refractivity contribution in [1.29, 1.82) is 0 Å². The number of hydrogen-bond acceptors (Lipinski definition) is 4. The second kappa shape index (κ2) is 8.02. The summed E-state index contributed by atoms with van der Waals surface area (Å²) in [6.45, 7) is -0.201. The molecule has 18 heavy (non-hydrogen) atoms. The fraction of sp³-hybridized carbons (Fsp3) is 0.818. The molecule has 7 N–H and O–H groups in total. The fourth-order valence-electron chi connectivity index (χ4n) is 2.19. The summed E-state index contributed by atoms with van der Waals surface area (Å²) in [5, 5.41) is 20.7.